The van der Waals surface area contributed by atoms with Gasteiger partial charge in [0.15, 0.2) is 0 Å². The summed E-state index contributed by atoms with van der Waals surface area (Å²) >= 11 is 4.15. The minimum atomic E-state index is -1.25. The van der Waals surface area contributed by atoms with E-state index in [1.54, 1.807) is 6.20 Å². The summed E-state index contributed by atoms with van der Waals surface area (Å²) in [6, 6.07) is 2.91. The Labute approximate surface area is 226 Å². The molecule has 1 heterocycles. The van der Waals surface area contributed by atoms with Gasteiger partial charge in [0.2, 0.25) is 23.6 Å². The number of nitrogens with one attached hydrogen (secondary N) is 4. The molecule has 208 valence electrons. The second-order valence-electron chi connectivity index (χ2n) is 9.51. The normalized spacial score (nSPS) is 14.3. The van der Waals surface area contributed by atoms with E-state index in [0.29, 0.717) is 5.56 Å². The van der Waals surface area contributed by atoms with E-state index in [2.05, 4.69) is 33.6 Å². The van der Waals surface area contributed by atoms with Gasteiger partial charge in [-0.05, 0) is 30.4 Å². The van der Waals surface area contributed by atoms with Gasteiger partial charge >= 0.3 is 5.97 Å². The fourth-order valence-electron chi connectivity index (χ4n) is 3.87. The molecule has 0 saturated carbocycles. The SMILES string of the molecule is CC(C)CC(NC(=O)C(N)CCC(N)=O)C(=O)NC(CS)C(=O)NC(Cc1c[nH]c2ccccc12)C(=O)O. The van der Waals surface area contributed by atoms with Crippen molar-refractivity contribution in [3.05, 3.63) is 36.0 Å². The minimum absolute atomic E-state index is 0.00346. The molecule has 0 aliphatic heterocycles. The number of nitrogens with two attached hydrogens (primary N) is 2. The second kappa shape index (κ2) is 14.4. The van der Waals surface area contributed by atoms with Crippen LogP contribution < -0.4 is 27.4 Å². The van der Waals surface area contributed by atoms with Gasteiger partial charge in [-0.25, -0.2) is 4.79 Å². The molecule has 2 aromatic rings. The van der Waals surface area contributed by atoms with Crippen molar-refractivity contribution in [3.63, 3.8) is 0 Å². The van der Waals surface area contributed by atoms with Crippen molar-refractivity contribution < 1.29 is 29.1 Å². The highest BCUT2D eigenvalue weighted by Crippen LogP contribution is 2.19. The van der Waals surface area contributed by atoms with Gasteiger partial charge in [0.1, 0.15) is 18.1 Å². The van der Waals surface area contributed by atoms with Crippen molar-refractivity contribution in [1.82, 2.24) is 20.9 Å². The highest BCUT2D eigenvalue weighted by molar-refractivity contribution is 7.80. The topological polar surface area (TPSA) is 209 Å². The number of primary amides is 1. The number of carboxylic acids is 1. The fourth-order valence-corrected chi connectivity index (χ4v) is 4.13. The predicted molar refractivity (Wildman–Crippen MR) is 145 cm³/mol. The number of hydrogen-bond acceptors (Lipinski definition) is 7. The first-order chi connectivity index (χ1) is 17.9. The summed E-state index contributed by atoms with van der Waals surface area (Å²) in [4.78, 5) is 64.4. The van der Waals surface area contributed by atoms with E-state index in [1.807, 2.05) is 38.1 Å². The monoisotopic (exact) mass is 548 g/mol. The van der Waals surface area contributed by atoms with Crippen LogP contribution >= 0.6 is 12.6 Å². The van der Waals surface area contributed by atoms with Gasteiger partial charge in [-0.1, -0.05) is 32.0 Å². The summed E-state index contributed by atoms with van der Waals surface area (Å²) in [5, 5.41) is 18.1. The first-order valence-electron chi connectivity index (χ1n) is 12.3. The number of aliphatic carboxylic acids is 1. The van der Waals surface area contributed by atoms with E-state index >= 15 is 0 Å². The van der Waals surface area contributed by atoms with Gasteiger partial charge < -0.3 is 37.5 Å². The number of hydrogen-bond donors (Lipinski definition) is 8. The Hall–Kier alpha value is -3.58. The van der Waals surface area contributed by atoms with Crippen LogP contribution in [-0.4, -0.2) is 69.6 Å². The summed E-state index contributed by atoms with van der Waals surface area (Å²) in [7, 11) is 0. The van der Waals surface area contributed by atoms with E-state index in [0.717, 1.165) is 10.9 Å². The maximum atomic E-state index is 13.0. The number of aromatic amines is 1. The number of H-pyrrole nitrogens is 1. The fraction of sp³-hybridized carbons (Fsp3) is 0.480. The molecule has 0 aliphatic carbocycles. The number of para-hydroxylation sites is 1. The van der Waals surface area contributed by atoms with Crippen LogP contribution in [0.3, 0.4) is 0 Å². The number of carbonyl (C=O) groups is 5. The molecular formula is C25H36N6O6S. The highest BCUT2D eigenvalue weighted by atomic mass is 32.1. The Balaban J connectivity index is 2.07. The molecule has 1 aromatic carbocycles. The average molecular weight is 549 g/mol. The van der Waals surface area contributed by atoms with Gasteiger partial charge in [-0.2, -0.15) is 12.6 Å². The highest BCUT2D eigenvalue weighted by Gasteiger charge is 2.30. The van der Waals surface area contributed by atoms with E-state index in [9.17, 15) is 29.1 Å². The summed E-state index contributed by atoms with van der Waals surface area (Å²) < 4.78 is 0. The zero-order valence-corrected chi connectivity index (χ0v) is 22.3. The minimum Gasteiger partial charge on any atom is -0.480 e. The van der Waals surface area contributed by atoms with Gasteiger partial charge in [0.25, 0.3) is 0 Å². The molecule has 0 bridgehead atoms. The summed E-state index contributed by atoms with van der Waals surface area (Å²) in [6.07, 6.45) is 1.90. The smallest absolute Gasteiger partial charge is 0.326 e. The molecule has 4 atom stereocenters. The number of amides is 4. The number of carbonyl (C=O) groups excluding carboxylic acids is 4. The third-order valence-electron chi connectivity index (χ3n) is 5.91. The number of carboxylic acid groups (broad SMARTS) is 1. The Bertz CT molecular complexity index is 1150. The van der Waals surface area contributed by atoms with Crippen LogP contribution in [0.25, 0.3) is 10.9 Å². The molecule has 0 radical (unpaired) electrons. The van der Waals surface area contributed by atoms with Crippen molar-refractivity contribution in [2.45, 2.75) is 63.7 Å². The quantitative estimate of drug-likeness (QED) is 0.141. The average Bonchev–Trinajstić information content (AvgIpc) is 3.27. The summed E-state index contributed by atoms with van der Waals surface area (Å²) in [6.45, 7) is 3.70. The molecule has 4 amide bonds. The van der Waals surface area contributed by atoms with Crippen molar-refractivity contribution >= 4 is 53.1 Å². The van der Waals surface area contributed by atoms with Gasteiger partial charge in [0.05, 0.1) is 6.04 Å². The van der Waals surface area contributed by atoms with Crippen LogP contribution in [0.1, 0.15) is 38.7 Å². The third-order valence-corrected chi connectivity index (χ3v) is 6.27. The Morgan fingerprint density at radius 2 is 1.58 bits per heavy atom. The van der Waals surface area contributed by atoms with Crippen LogP contribution in [-0.2, 0) is 30.4 Å². The molecule has 2 rings (SSSR count). The standard InChI is InChI=1S/C25H36N6O6S/c1-13(2)9-18(29-22(33)16(26)7-8-21(27)32)23(34)31-20(12-38)24(35)30-19(25(36)37)10-14-11-28-17-6-4-3-5-15(14)17/h3-6,11,13,16,18-20,28,38H,7-10,12,26H2,1-2H3,(H2,27,32)(H,29,33)(H,30,35)(H,31,34)(H,36,37). The molecule has 0 aliphatic rings. The molecule has 4 unspecified atom stereocenters. The van der Waals surface area contributed by atoms with Crippen LogP contribution in [0.15, 0.2) is 30.5 Å². The van der Waals surface area contributed by atoms with Crippen LogP contribution in [0, 0.1) is 5.92 Å². The maximum Gasteiger partial charge on any atom is 0.326 e. The molecular weight excluding hydrogens is 512 g/mol. The molecule has 0 fully saturated rings. The zero-order chi connectivity index (χ0) is 28.4. The maximum absolute atomic E-state index is 13.0. The van der Waals surface area contributed by atoms with E-state index in [4.69, 9.17) is 11.5 Å². The van der Waals surface area contributed by atoms with Crippen LogP contribution in [0.2, 0.25) is 0 Å². The van der Waals surface area contributed by atoms with Gasteiger partial charge in [-0.3, -0.25) is 19.2 Å². The van der Waals surface area contributed by atoms with Crippen molar-refractivity contribution in [2.75, 3.05) is 5.75 Å². The summed E-state index contributed by atoms with van der Waals surface area (Å²) in [5.74, 6) is -3.95. The van der Waals surface area contributed by atoms with Gasteiger partial charge in [0, 0.05) is 35.7 Å². The first kappa shape index (κ1) is 30.6. The zero-order valence-electron chi connectivity index (χ0n) is 21.4. The van der Waals surface area contributed by atoms with Crippen LogP contribution in [0.4, 0.5) is 0 Å². The third kappa shape index (κ3) is 9.06. The molecule has 38 heavy (non-hydrogen) atoms. The Morgan fingerprint density at radius 1 is 0.974 bits per heavy atom. The van der Waals surface area contributed by atoms with E-state index in [1.165, 1.54) is 0 Å². The molecule has 0 spiro atoms. The van der Waals surface area contributed by atoms with Gasteiger partial charge in [-0.15, -0.1) is 0 Å². The predicted octanol–water partition coefficient (Wildman–Crippen LogP) is -0.182. The Kier molecular flexibility index (Phi) is 11.6. The lowest BCUT2D eigenvalue weighted by Gasteiger charge is -2.25. The lowest BCUT2D eigenvalue weighted by atomic mass is 10.0. The number of rotatable bonds is 15. The molecule has 9 N–H and O–H groups in total. The molecule has 0 saturated heterocycles. The van der Waals surface area contributed by atoms with E-state index in [-0.39, 0.29) is 37.4 Å². The lowest BCUT2D eigenvalue weighted by Crippen LogP contribution is -2.58. The number of thiol groups is 1. The molecule has 12 nitrogen and oxygen atoms in total. The first-order valence-corrected chi connectivity index (χ1v) is 12.9. The van der Waals surface area contributed by atoms with Crippen molar-refractivity contribution in [2.24, 2.45) is 17.4 Å². The largest absolute Gasteiger partial charge is 0.480 e. The Morgan fingerprint density at radius 3 is 2.18 bits per heavy atom. The van der Waals surface area contributed by atoms with Crippen molar-refractivity contribution in [1.29, 1.82) is 0 Å². The molecule has 13 heteroatoms. The number of fused-ring (bicyclic) bond motifs is 1. The number of benzene rings is 1. The van der Waals surface area contributed by atoms with Crippen molar-refractivity contribution in [3.8, 4) is 0 Å². The molecule has 1 aromatic heterocycles. The second-order valence-corrected chi connectivity index (χ2v) is 9.87. The lowest BCUT2D eigenvalue weighted by molar-refractivity contribution is -0.142. The number of aromatic nitrogens is 1. The van der Waals surface area contributed by atoms with Crippen LogP contribution in [0.5, 0.6) is 0 Å². The summed E-state index contributed by atoms with van der Waals surface area (Å²) in [5.41, 5.74) is 12.5. The van der Waals surface area contributed by atoms with E-state index < -0.39 is 53.8 Å².